The van der Waals surface area contributed by atoms with E-state index < -0.39 is 10.0 Å². The second-order valence-electron chi connectivity index (χ2n) is 7.21. The van der Waals surface area contributed by atoms with Crippen molar-refractivity contribution in [2.75, 3.05) is 33.4 Å². The van der Waals surface area contributed by atoms with Gasteiger partial charge in [-0.2, -0.15) is 4.31 Å². The molecule has 0 atom stereocenters. The fourth-order valence-electron chi connectivity index (χ4n) is 3.14. The van der Waals surface area contributed by atoms with Crippen molar-refractivity contribution in [2.24, 2.45) is 0 Å². The molecule has 0 aliphatic carbocycles. The van der Waals surface area contributed by atoms with Gasteiger partial charge in [0.25, 0.3) is 5.91 Å². The largest absolute Gasteiger partial charge is 0.496 e. The van der Waals surface area contributed by atoms with E-state index in [-0.39, 0.29) is 22.5 Å². The molecule has 1 saturated heterocycles. The van der Waals surface area contributed by atoms with Crippen molar-refractivity contribution >= 4 is 15.9 Å². The molecule has 0 radical (unpaired) electrons. The van der Waals surface area contributed by atoms with E-state index in [1.54, 1.807) is 6.07 Å². The number of nitrogens with one attached hydrogen (secondary N) is 1. The van der Waals surface area contributed by atoms with Gasteiger partial charge in [0.15, 0.2) is 0 Å². The van der Waals surface area contributed by atoms with Gasteiger partial charge < -0.3 is 14.8 Å². The lowest BCUT2D eigenvalue weighted by atomic mass is 10.2. The zero-order valence-electron chi connectivity index (χ0n) is 17.1. The Morgan fingerprint density at radius 1 is 1.18 bits per heavy atom. The first kappa shape index (κ1) is 22.6. The minimum absolute atomic E-state index is 0.128. The molecule has 28 heavy (non-hydrogen) atoms. The lowest BCUT2D eigenvalue weighted by Crippen LogP contribution is -2.32. The highest BCUT2D eigenvalue weighted by Crippen LogP contribution is 2.26. The molecule has 0 aromatic heterocycles. The van der Waals surface area contributed by atoms with Gasteiger partial charge in [-0.3, -0.25) is 4.79 Å². The fraction of sp³-hybridized carbons (Fsp3) is 0.650. The van der Waals surface area contributed by atoms with Crippen LogP contribution in [0.1, 0.15) is 56.3 Å². The maximum Gasteiger partial charge on any atom is 0.255 e. The third kappa shape index (κ3) is 6.18. The molecule has 1 aliphatic rings. The summed E-state index contributed by atoms with van der Waals surface area (Å²) in [5.41, 5.74) is 0.225. The van der Waals surface area contributed by atoms with Crippen molar-refractivity contribution in [1.82, 2.24) is 9.62 Å². The van der Waals surface area contributed by atoms with Crippen molar-refractivity contribution in [3.63, 3.8) is 0 Å². The third-order valence-corrected chi connectivity index (χ3v) is 6.57. The molecule has 0 saturated carbocycles. The maximum absolute atomic E-state index is 13.0. The van der Waals surface area contributed by atoms with Crippen molar-refractivity contribution in [2.45, 2.75) is 57.0 Å². The van der Waals surface area contributed by atoms with Gasteiger partial charge in [0.2, 0.25) is 10.0 Å². The summed E-state index contributed by atoms with van der Waals surface area (Å²) in [5.74, 6) is 0.0000557. The number of hydrogen-bond donors (Lipinski definition) is 1. The molecule has 0 bridgehead atoms. The number of methoxy groups -OCH3 is 1. The van der Waals surface area contributed by atoms with Crippen LogP contribution >= 0.6 is 0 Å². The molecule has 7 nitrogen and oxygen atoms in total. The molecule has 8 heteroatoms. The van der Waals surface area contributed by atoms with E-state index in [4.69, 9.17) is 9.47 Å². The summed E-state index contributed by atoms with van der Waals surface area (Å²) >= 11 is 0. The number of sulfonamides is 1. The number of ether oxygens (including phenoxy) is 2. The number of amides is 1. The number of rotatable bonds is 9. The summed E-state index contributed by atoms with van der Waals surface area (Å²) < 4.78 is 38.3. The Morgan fingerprint density at radius 3 is 2.46 bits per heavy atom. The number of carbonyl (C=O) groups is 1. The fourth-order valence-corrected chi connectivity index (χ4v) is 4.69. The van der Waals surface area contributed by atoms with Crippen LogP contribution in [0.5, 0.6) is 5.75 Å². The molecule has 1 aliphatic heterocycles. The summed E-state index contributed by atoms with van der Waals surface area (Å²) in [5, 5.41) is 2.81. The van der Waals surface area contributed by atoms with Gasteiger partial charge >= 0.3 is 0 Å². The van der Waals surface area contributed by atoms with Gasteiger partial charge in [-0.25, -0.2) is 8.42 Å². The molecule has 1 fully saturated rings. The molecular formula is C20H32N2O5S. The first-order chi connectivity index (χ1) is 13.4. The van der Waals surface area contributed by atoms with Crippen LogP contribution in [0.15, 0.2) is 23.1 Å². The first-order valence-corrected chi connectivity index (χ1v) is 11.4. The van der Waals surface area contributed by atoms with Crippen LogP contribution in [0.4, 0.5) is 0 Å². The van der Waals surface area contributed by atoms with Gasteiger partial charge in [0.05, 0.1) is 23.7 Å². The van der Waals surface area contributed by atoms with E-state index in [9.17, 15) is 13.2 Å². The predicted molar refractivity (Wildman–Crippen MR) is 108 cm³/mol. The molecule has 1 heterocycles. The summed E-state index contributed by atoms with van der Waals surface area (Å²) in [6, 6.07) is 4.47. The Kier molecular flexibility index (Phi) is 8.72. The van der Waals surface area contributed by atoms with E-state index in [0.717, 1.165) is 25.7 Å². The molecule has 1 aromatic rings. The van der Waals surface area contributed by atoms with Gasteiger partial charge in [0.1, 0.15) is 5.75 Å². The van der Waals surface area contributed by atoms with Crippen LogP contribution in [0.2, 0.25) is 0 Å². The van der Waals surface area contributed by atoms with E-state index in [0.29, 0.717) is 38.4 Å². The van der Waals surface area contributed by atoms with Crippen molar-refractivity contribution in [3.05, 3.63) is 23.8 Å². The molecule has 0 spiro atoms. The second-order valence-corrected chi connectivity index (χ2v) is 9.15. The minimum atomic E-state index is -3.63. The number of carbonyl (C=O) groups excluding carboxylic acids is 1. The SMILES string of the molecule is COc1ccc(S(=O)(=O)N2CCCCCC2)cc1C(=O)NCCCOC(C)C. The van der Waals surface area contributed by atoms with E-state index in [2.05, 4.69) is 5.32 Å². The van der Waals surface area contributed by atoms with Crippen LogP contribution in [-0.4, -0.2) is 58.1 Å². The third-order valence-electron chi connectivity index (χ3n) is 4.68. The highest BCUT2D eigenvalue weighted by Gasteiger charge is 2.27. The van der Waals surface area contributed by atoms with Crippen molar-refractivity contribution in [3.8, 4) is 5.75 Å². The molecule has 1 aromatic carbocycles. The topological polar surface area (TPSA) is 84.9 Å². The Bertz CT molecular complexity index is 741. The maximum atomic E-state index is 13.0. The lowest BCUT2D eigenvalue weighted by Gasteiger charge is -2.20. The number of benzene rings is 1. The van der Waals surface area contributed by atoms with Gasteiger partial charge in [-0.1, -0.05) is 12.8 Å². The quantitative estimate of drug-likeness (QED) is 0.631. The monoisotopic (exact) mass is 412 g/mol. The average molecular weight is 413 g/mol. The Balaban J connectivity index is 2.12. The highest BCUT2D eigenvalue weighted by atomic mass is 32.2. The Hall–Kier alpha value is -1.64. The van der Waals surface area contributed by atoms with Gasteiger partial charge in [-0.15, -0.1) is 0 Å². The summed E-state index contributed by atoms with van der Waals surface area (Å²) in [7, 11) is -2.16. The zero-order valence-corrected chi connectivity index (χ0v) is 17.9. The van der Waals surface area contributed by atoms with Crippen LogP contribution in [0.25, 0.3) is 0 Å². The molecule has 158 valence electrons. The van der Waals surface area contributed by atoms with Crippen molar-refractivity contribution in [1.29, 1.82) is 0 Å². The van der Waals surface area contributed by atoms with E-state index >= 15 is 0 Å². The van der Waals surface area contributed by atoms with Crippen LogP contribution in [0.3, 0.4) is 0 Å². The minimum Gasteiger partial charge on any atom is -0.496 e. The van der Waals surface area contributed by atoms with Crippen LogP contribution in [-0.2, 0) is 14.8 Å². The van der Waals surface area contributed by atoms with Crippen LogP contribution < -0.4 is 10.1 Å². The highest BCUT2D eigenvalue weighted by molar-refractivity contribution is 7.89. The normalized spacial score (nSPS) is 16.0. The summed E-state index contributed by atoms with van der Waals surface area (Å²) in [4.78, 5) is 12.7. The predicted octanol–water partition coefficient (Wildman–Crippen LogP) is 2.80. The van der Waals surface area contributed by atoms with Gasteiger partial charge in [-0.05, 0) is 51.3 Å². The average Bonchev–Trinajstić information content (AvgIpc) is 2.96. The van der Waals surface area contributed by atoms with E-state index in [1.165, 1.54) is 23.5 Å². The van der Waals surface area contributed by atoms with Gasteiger partial charge in [0, 0.05) is 26.2 Å². The molecular weight excluding hydrogens is 380 g/mol. The Labute approximate surface area is 168 Å². The molecule has 1 amide bonds. The smallest absolute Gasteiger partial charge is 0.255 e. The summed E-state index contributed by atoms with van der Waals surface area (Å²) in [6.07, 6.45) is 4.64. The van der Waals surface area contributed by atoms with Crippen molar-refractivity contribution < 1.29 is 22.7 Å². The standard InChI is InChI=1S/C20H32N2O5S/c1-16(2)27-14-8-11-21-20(23)18-15-17(9-10-19(18)26-3)28(24,25)22-12-6-4-5-7-13-22/h9-10,15-16H,4-8,11-14H2,1-3H3,(H,21,23). The number of nitrogens with zero attached hydrogens (tertiary/aromatic N) is 1. The zero-order chi connectivity index (χ0) is 20.6. The first-order valence-electron chi connectivity index (χ1n) is 9.94. The Morgan fingerprint density at radius 2 is 1.86 bits per heavy atom. The van der Waals surface area contributed by atoms with E-state index in [1.807, 2.05) is 13.8 Å². The molecule has 1 N–H and O–H groups in total. The molecule has 0 unspecified atom stereocenters. The molecule has 2 rings (SSSR count). The lowest BCUT2D eigenvalue weighted by molar-refractivity contribution is 0.0757. The summed E-state index contributed by atoms with van der Waals surface area (Å²) in [6.45, 7) is 5.95. The number of hydrogen-bond acceptors (Lipinski definition) is 5. The van der Waals surface area contributed by atoms with Crippen LogP contribution in [0, 0.1) is 0 Å². The second kappa shape index (κ2) is 10.8.